The summed E-state index contributed by atoms with van der Waals surface area (Å²) in [5, 5.41) is 12.4. The average Bonchev–Trinajstić information content (AvgIpc) is 3.67. The van der Waals surface area contributed by atoms with E-state index in [9.17, 15) is 5.11 Å². The molecule has 0 fully saturated rings. The highest BCUT2D eigenvalue weighted by Crippen LogP contribution is 2.45. The van der Waals surface area contributed by atoms with Crippen LogP contribution in [-0.2, 0) is 16.2 Å². The Hall–Kier alpha value is -6.26. The van der Waals surface area contributed by atoms with Gasteiger partial charge in [-0.3, -0.25) is 9.55 Å². The first-order chi connectivity index (χ1) is 31.8. The van der Waals surface area contributed by atoms with E-state index in [1.54, 1.807) is 0 Å². The maximum atomic E-state index is 12.4. The normalized spacial score (nSPS) is 12.9. The largest absolute Gasteiger partial charge is 0.507 e. The molecule has 8 aromatic rings. The highest BCUT2D eigenvalue weighted by Gasteiger charge is 2.27. The van der Waals surface area contributed by atoms with Crippen molar-refractivity contribution in [2.75, 3.05) is 0 Å². The molecule has 6 aromatic carbocycles. The molecule has 0 saturated carbocycles. The lowest BCUT2D eigenvalue weighted by atomic mass is 9.83. The smallest absolute Gasteiger partial charge is 0.149 e. The van der Waals surface area contributed by atoms with Gasteiger partial charge in [-0.2, -0.15) is 0 Å². The highest BCUT2D eigenvalue weighted by atomic mass is 16.3. The van der Waals surface area contributed by atoms with Crippen LogP contribution in [0.5, 0.6) is 5.75 Å². The van der Waals surface area contributed by atoms with Gasteiger partial charge in [0.1, 0.15) is 11.6 Å². The van der Waals surface area contributed by atoms with Crippen LogP contribution in [0.15, 0.2) is 134 Å². The number of aromatic nitrogens is 3. The second-order valence-electron chi connectivity index (χ2n) is 22.6. The van der Waals surface area contributed by atoms with Crippen molar-refractivity contribution < 1.29 is 6.48 Å². The Morgan fingerprint density at radius 2 is 1.13 bits per heavy atom. The number of aromatic hydroxyl groups is 1. The summed E-state index contributed by atoms with van der Waals surface area (Å²) in [5.74, 6) is 0.642. The van der Waals surface area contributed by atoms with Crippen LogP contribution in [0.4, 0.5) is 0 Å². The first-order valence-electron chi connectivity index (χ1n) is 24.7. The molecule has 2 heterocycles. The highest BCUT2D eigenvalue weighted by molar-refractivity contribution is 5.98. The number of hydrogen-bond donors (Lipinski definition) is 1. The minimum absolute atomic E-state index is 0.0154. The van der Waals surface area contributed by atoms with Crippen molar-refractivity contribution in [3.8, 4) is 67.5 Å². The van der Waals surface area contributed by atoms with Gasteiger partial charge < -0.3 is 5.11 Å². The van der Waals surface area contributed by atoms with Crippen molar-refractivity contribution in [3.05, 3.63) is 167 Å². The van der Waals surface area contributed by atoms with Gasteiger partial charge >= 0.3 is 0 Å². The first-order valence-corrected chi connectivity index (χ1v) is 24.2. The second kappa shape index (κ2) is 17.8. The zero-order valence-electron chi connectivity index (χ0n) is 43.6. The van der Waals surface area contributed by atoms with Crippen molar-refractivity contribution in [2.45, 2.75) is 138 Å². The van der Waals surface area contributed by atoms with Gasteiger partial charge in [-0.25, -0.2) is 4.98 Å². The topological polar surface area (TPSA) is 50.9 Å². The number of pyridine rings is 1. The Morgan fingerprint density at radius 1 is 0.507 bits per heavy atom. The Morgan fingerprint density at radius 3 is 1.75 bits per heavy atom. The van der Waals surface area contributed by atoms with Crippen LogP contribution < -0.4 is 0 Å². The molecule has 0 unspecified atom stereocenters. The van der Waals surface area contributed by atoms with Crippen molar-refractivity contribution in [2.24, 2.45) is 0 Å². The quantitative estimate of drug-likeness (QED) is 0.157. The number of hydrogen-bond acceptors (Lipinski definition) is 3. The summed E-state index contributed by atoms with van der Waals surface area (Å²) in [4.78, 5) is 10.7. The summed E-state index contributed by atoms with van der Waals surface area (Å²) in [6.07, 6.45) is 1.90. The third-order valence-electron chi connectivity index (χ3n) is 13.5. The molecule has 0 aliphatic heterocycles. The second-order valence-corrected chi connectivity index (χ2v) is 22.6. The minimum Gasteiger partial charge on any atom is -0.507 e. The summed E-state index contributed by atoms with van der Waals surface area (Å²) in [7, 11) is 0. The molecule has 4 heteroatoms. The lowest BCUT2D eigenvalue weighted by Crippen LogP contribution is -2.12. The maximum absolute atomic E-state index is 12.4. The molecule has 0 spiro atoms. The molecule has 2 aromatic heterocycles. The molecule has 0 bridgehead atoms. The lowest BCUT2D eigenvalue weighted by Gasteiger charge is -2.24. The predicted molar refractivity (Wildman–Crippen MR) is 286 cm³/mol. The van der Waals surface area contributed by atoms with Gasteiger partial charge in [0.05, 0.1) is 28.0 Å². The third-order valence-corrected chi connectivity index (χ3v) is 13.5. The van der Waals surface area contributed by atoms with Crippen LogP contribution in [0.25, 0.3) is 72.7 Å². The van der Waals surface area contributed by atoms with E-state index >= 15 is 0 Å². The molecule has 67 heavy (non-hydrogen) atoms. The van der Waals surface area contributed by atoms with Crippen LogP contribution in [0, 0.1) is 0 Å². The van der Waals surface area contributed by atoms with Crippen LogP contribution in [0.3, 0.4) is 0 Å². The standard InChI is InChI=1S/C63H71N3O/c1-38(2)41-19-21-42(22-20-41)44-29-30-64-55(36-44)47-31-46(32-50(33-47)63(13,14)15)51-17-16-18-57-58(51)65-60(54-35-45(39(3)4)34-52(40(5)6)59(54)67)66(57)56-28-27-49(62(10,11)12)37-53(56)43-23-25-48(26-24-43)61(7,8)9/h16-40,67H,1-15H3/i38D. The lowest BCUT2D eigenvalue weighted by molar-refractivity contribution is 0.466. The Kier molecular flexibility index (Phi) is 12.2. The van der Waals surface area contributed by atoms with E-state index in [1.807, 2.05) is 20.0 Å². The summed E-state index contributed by atoms with van der Waals surface area (Å²) in [6, 6.07) is 46.2. The molecule has 0 aliphatic carbocycles. The van der Waals surface area contributed by atoms with Crippen LogP contribution in [0.1, 0.15) is 156 Å². The van der Waals surface area contributed by atoms with Crippen LogP contribution in [-0.4, -0.2) is 19.6 Å². The SMILES string of the molecule is [2H]C(C)(C)c1ccc(-c2ccnc(-c3cc(-c4cccc5c4nc(-c4cc(C(C)C)cc(C(C)C)c4O)n5-c4ccc(C(C)(C)C)cc4-c4ccc(C(C)(C)C)cc4)cc(C(C)(C)C)c3)c2)cc1. The Balaban J connectivity index is 1.42. The monoisotopic (exact) mass is 887 g/mol. The fraction of sp³-hybridized carbons (Fsp3) is 0.333. The molecular formula is C63H71N3O. The van der Waals surface area contributed by atoms with Crippen molar-refractivity contribution in [3.63, 3.8) is 0 Å². The Bertz CT molecular complexity index is 3140. The summed E-state index contributed by atoms with van der Waals surface area (Å²) < 4.78 is 10.8. The average molecular weight is 887 g/mol. The first kappa shape index (κ1) is 45.9. The van der Waals surface area contributed by atoms with Gasteiger partial charge in [0, 0.05) is 24.3 Å². The van der Waals surface area contributed by atoms with Gasteiger partial charge in [-0.05, 0) is 138 Å². The number of rotatable bonds is 9. The molecule has 0 atom stereocenters. The van der Waals surface area contributed by atoms with E-state index in [-0.39, 0.29) is 33.8 Å². The molecule has 1 N–H and O–H groups in total. The van der Waals surface area contributed by atoms with E-state index in [0.29, 0.717) is 5.82 Å². The van der Waals surface area contributed by atoms with E-state index in [0.717, 1.165) is 83.6 Å². The fourth-order valence-electron chi connectivity index (χ4n) is 9.09. The van der Waals surface area contributed by atoms with Crippen molar-refractivity contribution in [1.82, 2.24) is 14.5 Å². The summed E-state index contributed by atoms with van der Waals surface area (Å²) in [5.41, 5.74) is 18.4. The Labute approximate surface area is 402 Å². The summed E-state index contributed by atoms with van der Waals surface area (Å²) >= 11 is 0. The van der Waals surface area contributed by atoms with E-state index in [4.69, 9.17) is 11.3 Å². The van der Waals surface area contributed by atoms with Gasteiger partial charge in [-0.1, -0.05) is 183 Å². The molecule has 0 radical (unpaired) electrons. The number of benzene rings is 6. The van der Waals surface area contributed by atoms with Gasteiger partial charge in [0.25, 0.3) is 0 Å². The number of phenolic OH excluding ortho intramolecular Hbond substituents is 1. The number of imidazole rings is 1. The zero-order chi connectivity index (χ0) is 49.2. The molecule has 0 saturated heterocycles. The fourth-order valence-corrected chi connectivity index (χ4v) is 9.09. The summed E-state index contributed by atoms with van der Waals surface area (Å²) in [6.45, 7) is 32.9. The minimum atomic E-state index is -0.668. The van der Waals surface area contributed by atoms with Crippen molar-refractivity contribution >= 4 is 11.0 Å². The number of nitrogens with zero attached hydrogens (tertiary/aromatic N) is 3. The molecule has 4 nitrogen and oxygen atoms in total. The van der Waals surface area contributed by atoms with E-state index in [1.165, 1.54) is 16.7 Å². The maximum Gasteiger partial charge on any atom is 0.149 e. The number of phenols is 1. The molecule has 0 amide bonds. The predicted octanol–water partition coefficient (Wildman–Crippen LogP) is 17.7. The van der Waals surface area contributed by atoms with Gasteiger partial charge in [0.2, 0.25) is 0 Å². The van der Waals surface area contributed by atoms with E-state index in [2.05, 4.69) is 222 Å². The van der Waals surface area contributed by atoms with Crippen molar-refractivity contribution in [1.29, 1.82) is 0 Å². The number of fused-ring (bicyclic) bond motifs is 1. The van der Waals surface area contributed by atoms with Crippen LogP contribution >= 0.6 is 0 Å². The van der Waals surface area contributed by atoms with Gasteiger partial charge in [0.15, 0.2) is 0 Å². The molecule has 8 rings (SSSR count). The van der Waals surface area contributed by atoms with Crippen LogP contribution in [0.2, 0.25) is 0 Å². The molecular weight excluding hydrogens is 815 g/mol. The molecule has 0 aliphatic rings. The molecule has 344 valence electrons. The third kappa shape index (κ3) is 9.51. The number of para-hydroxylation sites is 1. The van der Waals surface area contributed by atoms with Gasteiger partial charge in [-0.15, -0.1) is 0 Å². The van der Waals surface area contributed by atoms with E-state index < -0.39 is 5.89 Å². The zero-order valence-corrected chi connectivity index (χ0v) is 42.6.